The highest BCUT2D eigenvalue weighted by Gasteiger charge is 2.21. The minimum absolute atomic E-state index is 0.0579. The highest BCUT2D eigenvalue weighted by Crippen LogP contribution is 2.26. The Bertz CT molecular complexity index is 1080. The van der Waals surface area contributed by atoms with Gasteiger partial charge in [-0.05, 0) is 74.2 Å². The molecule has 3 heterocycles. The Morgan fingerprint density at radius 2 is 2.00 bits per heavy atom. The number of piperidine rings is 1. The van der Waals surface area contributed by atoms with E-state index in [1.165, 1.54) is 0 Å². The molecule has 0 bridgehead atoms. The highest BCUT2D eigenvalue weighted by atomic mass is 16.4. The van der Waals surface area contributed by atoms with Gasteiger partial charge in [-0.3, -0.25) is 19.2 Å². The number of carbonyl (C=O) groups is 3. The first-order valence-electron chi connectivity index (χ1n) is 10.6. The lowest BCUT2D eigenvalue weighted by molar-refractivity contribution is -0.134. The van der Waals surface area contributed by atoms with Crippen molar-refractivity contribution in [2.24, 2.45) is 5.92 Å². The van der Waals surface area contributed by atoms with Gasteiger partial charge in [-0.2, -0.15) is 0 Å². The molecule has 4 rings (SSSR count). The monoisotopic (exact) mass is 440 g/mol. The highest BCUT2D eigenvalue weighted by molar-refractivity contribution is 6.06. The number of pyridine rings is 1. The van der Waals surface area contributed by atoms with E-state index in [-0.39, 0.29) is 17.0 Å². The molecule has 1 unspecified atom stereocenters. The SMILES string of the molecule is CC(=O)O.Cc1ccn(CC2CCCNC2)c(=O)c1C(=O)Nc1ccc2c(c1)CC(=O)N2. The van der Waals surface area contributed by atoms with E-state index in [2.05, 4.69) is 16.0 Å². The van der Waals surface area contributed by atoms with E-state index in [0.717, 1.165) is 44.1 Å². The number of carboxylic acid groups (broad SMARTS) is 1. The van der Waals surface area contributed by atoms with Crippen LogP contribution in [0.5, 0.6) is 0 Å². The van der Waals surface area contributed by atoms with Crippen LogP contribution in [0.25, 0.3) is 0 Å². The molecule has 0 radical (unpaired) electrons. The van der Waals surface area contributed by atoms with E-state index in [9.17, 15) is 14.4 Å². The Morgan fingerprint density at radius 1 is 1.25 bits per heavy atom. The molecular formula is C23H28N4O5. The lowest BCUT2D eigenvalue weighted by atomic mass is 9.99. The number of nitrogens with one attached hydrogen (secondary N) is 3. The van der Waals surface area contributed by atoms with Gasteiger partial charge in [-0.15, -0.1) is 0 Å². The molecule has 4 N–H and O–H groups in total. The summed E-state index contributed by atoms with van der Waals surface area (Å²) in [5.74, 6) is -0.917. The van der Waals surface area contributed by atoms with Crippen LogP contribution in [-0.4, -0.2) is 40.5 Å². The zero-order valence-electron chi connectivity index (χ0n) is 18.2. The maximum absolute atomic E-state index is 13.0. The average Bonchev–Trinajstić information content (AvgIpc) is 3.10. The number of aromatic nitrogens is 1. The van der Waals surface area contributed by atoms with Gasteiger partial charge in [-0.25, -0.2) is 0 Å². The Morgan fingerprint density at radius 3 is 2.69 bits per heavy atom. The van der Waals surface area contributed by atoms with Gasteiger partial charge in [0.25, 0.3) is 17.4 Å². The number of carboxylic acids is 1. The average molecular weight is 441 g/mol. The third kappa shape index (κ3) is 5.82. The Balaban J connectivity index is 0.000000668. The molecule has 9 heteroatoms. The largest absolute Gasteiger partial charge is 0.481 e. The van der Waals surface area contributed by atoms with Gasteiger partial charge in [0.1, 0.15) is 5.56 Å². The van der Waals surface area contributed by atoms with E-state index < -0.39 is 11.9 Å². The molecule has 0 aliphatic carbocycles. The number of carbonyl (C=O) groups excluding carboxylic acids is 2. The summed E-state index contributed by atoms with van der Waals surface area (Å²) in [5.41, 5.74) is 2.74. The van der Waals surface area contributed by atoms with Gasteiger partial charge in [0, 0.05) is 31.0 Å². The first-order chi connectivity index (χ1) is 15.2. The van der Waals surface area contributed by atoms with Crippen molar-refractivity contribution < 1.29 is 19.5 Å². The van der Waals surface area contributed by atoms with Crippen LogP contribution in [-0.2, 0) is 22.6 Å². The summed E-state index contributed by atoms with van der Waals surface area (Å²) in [4.78, 5) is 46.3. The number of benzene rings is 1. The van der Waals surface area contributed by atoms with Gasteiger partial charge in [0.2, 0.25) is 5.91 Å². The van der Waals surface area contributed by atoms with Gasteiger partial charge >= 0.3 is 0 Å². The number of fused-ring (bicyclic) bond motifs is 1. The lowest BCUT2D eigenvalue weighted by Gasteiger charge is -2.23. The molecule has 1 aromatic carbocycles. The maximum atomic E-state index is 13.0. The molecule has 2 aliphatic rings. The van der Waals surface area contributed by atoms with E-state index in [1.54, 1.807) is 35.9 Å². The molecule has 0 spiro atoms. The molecule has 1 fully saturated rings. The van der Waals surface area contributed by atoms with Crippen molar-refractivity contribution in [2.75, 3.05) is 23.7 Å². The number of hydrogen-bond acceptors (Lipinski definition) is 5. The number of anilines is 2. The van der Waals surface area contributed by atoms with Crippen LogP contribution >= 0.6 is 0 Å². The second-order valence-corrected chi connectivity index (χ2v) is 8.11. The fraction of sp³-hybridized carbons (Fsp3) is 0.391. The predicted octanol–water partition coefficient (Wildman–Crippen LogP) is 1.99. The van der Waals surface area contributed by atoms with Crippen LogP contribution in [0.1, 0.15) is 41.3 Å². The van der Waals surface area contributed by atoms with Crippen molar-refractivity contribution in [3.63, 3.8) is 0 Å². The fourth-order valence-corrected chi connectivity index (χ4v) is 3.94. The first-order valence-corrected chi connectivity index (χ1v) is 10.6. The van der Waals surface area contributed by atoms with E-state index in [4.69, 9.17) is 9.90 Å². The number of nitrogens with zero attached hydrogens (tertiary/aromatic N) is 1. The van der Waals surface area contributed by atoms with Crippen molar-refractivity contribution in [1.82, 2.24) is 9.88 Å². The van der Waals surface area contributed by atoms with Crippen LogP contribution in [0.2, 0.25) is 0 Å². The van der Waals surface area contributed by atoms with E-state index in [1.807, 2.05) is 6.07 Å². The summed E-state index contributed by atoms with van der Waals surface area (Å²) in [7, 11) is 0. The summed E-state index contributed by atoms with van der Waals surface area (Å²) in [6.45, 7) is 5.38. The molecule has 0 saturated carbocycles. The number of aryl methyl sites for hydroxylation is 1. The Labute approximate surface area is 185 Å². The molecule has 1 aromatic heterocycles. The molecule has 2 aliphatic heterocycles. The molecule has 9 nitrogen and oxygen atoms in total. The normalized spacial score (nSPS) is 16.9. The van der Waals surface area contributed by atoms with Gasteiger partial charge in [0.15, 0.2) is 0 Å². The number of aliphatic carboxylic acids is 1. The second-order valence-electron chi connectivity index (χ2n) is 8.11. The second kappa shape index (κ2) is 10.2. The third-order valence-electron chi connectivity index (χ3n) is 5.44. The summed E-state index contributed by atoms with van der Waals surface area (Å²) in [6, 6.07) is 7.09. The van der Waals surface area contributed by atoms with Crippen LogP contribution < -0.4 is 21.5 Å². The summed E-state index contributed by atoms with van der Waals surface area (Å²) in [6.07, 6.45) is 4.26. The van der Waals surface area contributed by atoms with Crippen molar-refractivity contribution in [2.45, 2.75) is 39.7 Å². The Kier molecular flexibility index (Phi) is 7.42. The van der Waals surface area contributed by atoms with Crippen LogP contribution in [0, 0.1) is 12.8 Å². The molecule has 1 atom stereocenters. The van der Waals surface area contributed by atoms with Crippen molar-refractivity contribution >= 4 is 29.2 Å². The minimum Gasteiger partial charge on any atom is -0.481 e. The summed E-state index contributed by atoms with van der Waals surface area (Å²) < 4.78 is 1.64. The molecule has 2 aromatic rings. The molecule has 170 valence electrons. The number of amides is 2. The maximum Gasteiger partial charge on any atom is 0.300 e. The van der Waals surface area contributed by atoms with E-state index >= 15 is 0 Å². The summed E-state index contributed by atoms with van der Waals surface area (Å²) >= 11 is 0. The minimum atomic E-state index is -0.833. The van der Waals surface area contributed by atoms with Gasteiger partial charge < -0.3 is 25.6 Å². The van der Waals surface area contributed by atoms with Gasteiger partial charge in [-0.1, -0.05) is 0 Å². The van der Waals surface area contributed by atoms with Crippen LogP contribution in [0.15, 0.2) is 35.3 Å². The smallest absolute Gasteiger partial charge is 0.300 e. The number of rotatable bonds is 4. The first kappa shape index (κ1) is 23.2. The molecule has 32 heavy (non-hydrogen) atoms. The third-order valence-corrected chi connectivity index (χ3v) is 5.44. The lowest BCUT2D eigenvalue weighted by Crippen LogP contribution is -2.36. The Hall–Kier alpha value is -3.46. The zero-order valence-corrected chi connectivity index (χ0v) is 18.2. The zero-order chi connectivity index (χ0) is 23.3. The topological polar surface area (TPSA) is 130 Å². The molecular weight excluding hydrogens is 412 g/mol. The van der Waals surface area contributed by atoms with Crippen LogP contribution in [0.3, 0.4) is 0 Å². The van der Waals surface area contributed by atoms with Crippen molar-refractivity contribution in [1.29, 1.82) is 0 Å². The predicted molar refractivity (Wildman–Crippen MR) is 121 cm³/mol. The molecule has 2 amide bonds. The fourth-order valence-electron chi connectivity index (χ4n) is 3.94. The number of hydrogen-bond donors (Lipinski definition) is 4. The standard InChI is InChI=1S/C21H24N4O3.C2H4O2/c1-13-6-8-25(12-14-3-2-7-22-11-14)21(28)19(13)20(27)23-16-4-5-17-15(9-16)10-18(26)24-17;1-2(3)4/h4-6,8-9,14,22H,2-3,7,10-12H2,1H3,(H,23,27)(H,24,26);1H3,(H,3,4). The summed E-state index contributed by atoms with van der Waals surface area (Å²) in [5, 5.41) is 16.3. The van der Waals surface area contributed by atoms with Crippen LogP contribution in [0.4, 0.5) is 11.4 Å². The van der Waals surface area contributed by atoms with Crippen molar-refractivity contribution in [3.8, 4) is 0 Å². The van der Waals surface area contributed by atoms with Crippen molar-refractivity contribution in [3.05, 3.63) is 57.5 Å². The van der Waals surface area contributed by atoms with E-state index in [0.29, 0.717) is 30.1 Å². The van der Waals surface area contributed by atoms with Gasteiger partial charge in [0.05, 0.1) is 6.42 Å². The quantitative estimate of drug-likeness (QED) is 0.575. The molecule has 1 saturated heterocycles.